The molecular weight excluding hydrogens is 532 g/mol. The van der Waals surface area contributed by atoms with Crippen molar-refractivity contribution in [2.75, 3.05) is 13.2 Å². The molecule has 1 aliphatic rings. The number of unbranched alkanes of at least 4 members (excludes halogenated alkanes) is 4. The Morgan fingerprint density at radius 2 is 1.73 bits per heavy atom. The maximum atomic E-state index is 12.1. The zero-order valence-corrected chi connectivity index (χ0v) is 22.5. The molecule has 0 radical (unpaired) electrons. The third-order valence-corrected chi connectivity index (χ3v) is 7.00. The highest BCUT2D eigenvalue weighted by Gasteiger charge is 2.49. The van der Waals surface area contributed by atoms with Crippen molar-refractivity contribution in [2.24, 2.45) is 0 Å². The van der Waals surface area contributed by atoms with E-state index in [0.29, 0.717) is 25.1 Å². The molecular formula is C25H37BINO5. The number of amides is 1. The van der Waals surface area contributed by atoms with E-state index in [-0.39, 0.29) is 30.2 Å². The third kappa shape index (κ3) is 9.41. The molecule has 1 fully saturated rings. The zero-order chi connectivity index (χ0) is 24.3. The van der Waals surface area contributed by atoms with Crippen molar-refractivity contribution in [1.82, 2.24) is 5.32 Å². The van der Waals surface area contributed by atoms with Crippen molar-refractivity contribution in [1.29, 1.82) is 0 Å². The Balaban J connectivity index is 1.44. The van der Waals surface area contributed by atoms with Crippen LogP contribution in [-0.4, -0.2) is 43.3 Å². The lowest BCUT2D eigenvalue weighted by Gasteiger charge is -2.32. The maximum absolute atomic E-state index is 12.1. The molecule has 1 heterocycles. The van der Waals surface area contributed by atoms with Crippen molar-refractivity contribution < 1.29 is 23.6 Å². The van der Waals surface area contributed by atoms with Gasteiger partial charge in [0, 0.05) is 16.5 Å². The Hall–Kier alpha value is -1.39. The Kier molecular flexibility index (Phi) is 11.4. The van der Waals surface area contributed by atoms with Crippen molar-refractivity contribution in [3.05, 3.63) is 45.5 Å². The number of benzene rings is 1. The van der Waals surface area contributed by atoms with Crippen LogP contribution in [0.15, 0.2) is 36.3 Å². The number of carbonyl (C=O) groups excluding carboxylic acids is 2. The fourth-order valence-corrected chi connectivity index (χ4v) is 3.94. The van der Waals surface area contributed by atoms with Gasteiger partial charge in [0.2, 0.25) is 0 Å². The summed E-state index contributed by atoms with van der Waals surface area (Å²) in [4.78, 5) is 24.0. The number of halogens is 1. The van der Waals surface area contributed by atoms with Gasteiger partial charge in [0.1, 0.15) is 0 Å². The molecule has 0 aliphatic carbocycles. The number of carbonyl (C=O) groups is 2. The van der Waals surface area contributed by atoms with Crippen LogP contribution in [0.25, 0.3) is 0 Å². The van der Waals surface area contributed by atoms with E-state index in [9.17, 15) is 9.59 Å². The molecule has 0 unspecified atom stereocenters. The number of hydrogen-bond donors (Lipinski definition) is 1. The fraction of sp³-hybridized carbons (Fsp3) is 0.600. The van der Waals surface area contributed by atoms with Crippen LogP contribution in [0.1, 0.15) is 83.0 Å². The summed E-state index contributed by atoms with van der Waals surface area (Å²) in [7, 11) is -0.303. The Labute approximate surface area is 212 Å². The highest BCUT2D eigenvalue weighted by Crippen LogP contribution is 2.36. The van der Waals surface area contributed by atoms with E-state index in [1.807, 2.05) is 57.9 Å². The molecule has 8 heteroatoms. The number of esters is 1. The first-order chi connectivity index (χ1) is 15.6. The van der Waals surface area contributed by atoms with Crippen LogP contribution in [-0.2, 0) is 18.8 Å². The molecule has 1 aliphatic heterocycles. The highest BCUT2D eigenvalue weighted by atomic mass is 127. The minimum atomic E-state index is -0.314. The number of ether oxygens (including phenoxy) is 1. The summed E-state index contributed by atoms with van der Waals surface area (Å²) in [5, 5.41) is 2.93. The largest absolute Gasteiger partial charge is 0.486 e. The van der Waals surface area contributed by atoms with Gasteiger partial charge in [-0.1, -0.05) is 30.6 Å². The van der Waals surface area contributed by atoms with E-state index in [4.69, 9.17) is 14.0 Å². The number of nitrogens with one attached hydrogen (secondary N) is 1. The van der Waals surface area contributed by atoms with Gasteiger partial charge in [-0.2, -0.15) is 0 Å². The molecule has 1 N–H and O–H groups in total. The van der Waals surface area contributed by atoms with E-state index in [0.717, 1.165) is 42.1 Å². The van der Waals surface area contributed by atoms with Gasteiger partial charge in [0.25, 0.3) is 5.91 Å². The van der Waals surface area contributed by atoms with Crippen molar-refractivity contribution in [3.8, 4) is 0 Å². The minimum absolute atomic E-state index is 0.0507. The van der Waals surface area contributed by atoms with Crippen LogP contribution < -0.4 is 5.32 Å². The molecule has 6 nitrogen and oxygen atoms in total. The lowest BCUT2D eigenvalue weighted by atomic mass is 9.89. The smallest absolute Gasteiger partial charge is 0.466 e. The monoisotopic (exact) mass is 569 g/mol. The fourth-order valence-electron chi connectivity index (χ4n) is 3.31. The van der Waals surface area contributed by atoms with Gasteiger partial charge >= 0.3 is 13.1 Å². The van der Waals surface area contributed by atoms with Crippen LogP contribution in [0.3, 0.4) is 0 Å². The van der Waals surface area contributed by atoms with Crippen LogP contribution >= 0.6 is 22.6 Å². The summed E-state index contributed by atoms with van der Waals surface area (Å²) < 4.78 is 18.1. The molecule has 182 valence electrons. The van der Waals surface area contributed by atoms with Crippen molar-refractivity contribution in [2.45, 2.75) is 83.8 Å². The molecule has 0 atom stereocenters. The molecule has 1 amide bonds. The van der Waals surface area contributed by atoms with Gasteiger partial charge < -0.3 is 19.4 Å². The molecule has 1 aromatic carbocycles. The summed E-state index contributed by atoms with van der Waals surface area (Å²) >= 11 is 2.16. The number of allylic oxidation sites excluding steroid dienone is 1. The first-order valence-corrected chi connectivity index (χ1v) is 12.9. The molecule has 1 aromatic rings. The minimum Gasteiger partial charge on any atom is -0.466 e. The Morgan fingerprint density at radius 1 is 1.03 bits per heavy atom. The topological polar surface area (TPSA) is 73.9 Å². The van der Waals surface area contributed by atoms with Gasteiger partial charge in [0.15, 0.2) is 0 Å². The van der Waals surface area contributed by atoms with Crippen molar-refractivity contribution in [3.63, 3.8) is 0 Å². The van der Waals surface area contributed by atoms with E-state index >= 15 is 0 Å². The lowest BCUT2D eigenvalue weighted by molar-refractivity contribution is -0.143. The van der Waals surface area contributed by atoms with Crippen LogP contribution in [0, 0.1) is 3.57 Å². The van der Waals surface area contributed by atoms with E-state index in [1.165, 1.54) is 0 Å². The lowest BCUT2D eigenvalue weighted by Crippen LogP contribution is -2.41. The van der Waals surface area contributed by atoms with Crippen LogP contribution in [0.5, 0.6) is 0 Å². The van der Waals surface area contributed by atoms with Crippen LogP contribution in [0.2, 0.25) is 0 Å². The summed E-state index contributed by atoms with van der Waals surface area (Å²) in [5.41, 5.74) is 0.0707. The summed E-state index contributed by atoms with van der Waals surface area (Å²) in [6.07, 6.45) is 7.67. The Bertz CT molecular complexity index is 796. The van der Waals surface area contributed by atoms with Gasteiger partial charge in [-0.25, -0.2) is 0 Å². The SMILES string of the molecule is CC1(C)OB(/C=C/CCCCOC(=O)CCCCCNC(=O)c2ccccc2I)OC1(C)C. The van der Waals surface area contributed by atoms with E-state index in [2.05, 4.69) is 34.0 Å². The second kappa shape index (κ2) is 13.5. The molecule has 0 bridgehead atoms. The number of rotatable bonds is 13. The third-order valence-electron chi connectivity index (χ3n) is 6.05. The normalized spacial score (nSPS) is 16.8. The Morgan fingerprint density at radius 3 is 2.42 bits per heavy atom. The van der Waals surface area contributed by atoms with Gasteiger partial charge in [-0.05, 0) is 94.5 Å². The second-order valence-corrected chi connectivity index (χ2v) is 10.5. The molecule has 1 saturated heterocycles. The molecule has 0 aromatic heterocycles. The standard InChI is InChI=1S/C25H37BINO5/c1-24(2)25(3,4)33-26(32-24)17-11-5-6-13-19-31-22(29)16-8-7-12-18-28-23(30)20-14-9-10-15-21(20)27/h9-11,14-15,17H,5-8,12-13,16,18-19H2,1-4H3,(H,28,30)/b17-11+. The molecule has 2 rings (SSSR count). The maximum Gasteiger partial charge on any atom is 0.486 e. The average molecular weight is 569 g/mol. The van der Waals surface area contributed by atoms with E-state index in [1.54, 1.807) is 0 Å². The second-order valence-electron chi connectivity index (χ2n) is 9.32. The summed E-state index contributed by atoms with van der Waals surface area (Å²) in [6.45, 7) is 9.23. The first kappa shape index (κ1) is 27.9. The highest BCUT2D eigenvalue weighted by molar-refractivity contribution is 14.1. The molecule has 0 spiro atoms. The van der Waals surface area contributed by atoms with Crippen LogP contribution in [0.4, 0.5) is 0 Å². The van der Waals surface area contributed by atoms with Gasteiger partial charge in [-0.15, -0.1) is 0 Å². The quantitative estimate of drug-likeness (QED) is 0.148. The van der Waals surface area contributed by atoms with Crippen molar-refractivity contribution >= 4 is 41.6 Å². The zero-order valence-electron chi connectivity index (χ0n) is 20.3. The predicted molar refractivity (Wildman–Crippen MR) is 140 cm³/mol. The average Bonchev–Trinajstić information content (AvgIpc) is 2.96. The molecule has 33 heavy (non-hydrogen) atoms. The van der Waals surface area contributed by atoms with Gasteiger partial charge in [-0.3, -0.25) is 9.59 Å². The first-order valence-electron chi connectivity index (χ1n) is 11.8. The molecule has 0 saturated carbocycles. The predicted octanol–water partition coefficient (Wildman–Crippen LogP) is 5.48. The number of hydrogen-bond acceptors (Lipinski definition) is 5. The summed E-state index contributed by atoms with van der Waals surface area (Å²) in [5.74, 6) is 1.77. The summed E-state index contributed by atoms with van der Waals surface area (Å²) in [6, 6.07) is 7.52. The van der Waals surface area contributed by atoms with Gasteiger partial charge in [0.05, 0.1) is 23.4 Å². The van der Waals surface area contributed by atoms with E-state index < -0.39 is 0 Å².